The number of rotatable bonds is 4. The molecule has 2 rings (SSSR count). The van der Waals surface area contributed by atoms with Crippen LogP contribution in [0.2, 0.25) is 0 Å². The summed E-state index contributed by atoms with van der Waals surface area (Å²) < 4.78 is 0. The smallest absolute Gasteiger partial charge is 0.274 e. The van der Waals surface area contributed by atoms with Crippen molar-refractivity contribution in [3.63, 3.8) is 0 Å². The number of carbonyl (C=O) groups is 1. The first-order valence-electron chi connectivity index (χ1n) is 5.86. The van der Waals surface area contributed by atoms with Crippen LogP contribution in [0.25, 0.3) is 0 Å². The Hall–Kier alpha value is -2.36. The minimum absolute atomic E-state index is 0.204. The Morgan fingerprint density at radius 1 is 1.11 bits per heavy atom. The van der Waals surface area contributed by atoms with Crippen molar-refractivity contribution >= 4 is 17.3 Å². The van der Waals surface area contributed by atoms with Crippen LogP contribution in [-0.4, -0.2) is 17.4 Å². The van der Waals surface area contributed by atoms with E-state index in [-0.39, 0.29) is 5.91 Å². The summed E-state index contributed by atoms with van der Waals surface area (Å²) in [5.41, 5.74) is 2.08. The number of nitrogens with zero attached hydrogens (tertiary/aromatic N) is 1. The van der Waals surface area contributed by atoms with Crippen LogP contribution in [0.5, 0.6) is 0 Å². The number of nitrogens with one attached hydrogen (secondary N) is 2. The Balaban J connectivity index is 2.05. The van der Waals surface area contributed by atoms with E-state index in [9.17, 15) is 4.79 Å². The Labute approximate surface area is 106 Å². The Morgan fingerprint density at radius 2 is 1.89 bits per heavy atom. The van der Waals surface area contributed by atoms with Crippen molar-refractivity contribution in [2.45, 2.75) is 6.92 Å². The van der Waals surface area contributed by atoms with Crippen LogP contribution >= 0.6 is 0 Å². The molecule has 1 heterocycles. The summed E-state index contributed by atoms with van der Waals surface area (Å²) in [6, 6.07) is 12.9. The van der Waals surface area contributed by atoms with E-state index in [0.717, 1.165) is 17.9 Å². The zero-order chi connectivity index (χ0) is 12.8. The number of anilines is 2. The van der Waals surface area contributed by atoms with Gasteiger partial charge in [-0.1, -0.05) is 18.2 Å². The van der Waals surface area contributed by atoms with E-state index in [0.29, 0.717) is 5.69 Å². The fraction of sp³-hybridized carbons (Fsp3) is 0.143. The Kier molecular flexibility index (Phi) is 3.91. The van der Waals surface area contributed by atoms with Gasteiger partial charge in [-0.05, 0) is 31.2 Å². The third-order valence-corrected chi connectivity index (χ3v) is 2.41. The molecule has 0 radical (unpaired) electrons. The summed E-state index contributed by atoms with van der Waals surface area (Å²) in [4.78, 5) is 16.0. The Morgan fingerprint density at radius 3 is 2.50 bits per heavy atom. The molecule has 1 aromatic carbocycles. The van der Waals surface area contributed by atoms with Crippen LogP contribution in [0.3, 0.4) is 0 Å². The summed E-state index contributed by atoms with van der Waals surface area (Å²) in [6.07, 6.45) is 1.66. The molecule has 0 saturated carbocycles. The second kappa shape index (κ2) is 5.82. The molecular formula is C14H15N3O. The molecule has 0 aliphatic rings. The molecule has 0 bridgehead atoms. The van der Waals surface area contributed by atoms with E-state index in [4.69, 9.17) is 0 Å². The number of para-hydroxylation sites is 1. The SMILES string of the molecule is CCNc1ccc(C(=O)Nc2ccccc2)nc1. The maximum Gasteiger partial charge on any atom is 0.274 e. The second-order valence-electron chi connectivity index (χ2n) is 3.78. The van der Waals surface area contributed by atoms with E-state index in [1.807, 2.05) is 43.3 Å². The topological polar surface area (TPSA) is 54.0 Å². The molecule has 4 heteroatoms. The molecule has 1 aromatic heterocycles. The molecule has 4 nitrogen and oxygen atoms in total. The molecule has 1 amide bonds. The monoisotopic (exact) mass is 241 g/mol. The lowest BCUT2D eigenvalue weighted by Crippen LogP contribution is -2.13. The summed E-state index contributed by atoms with van der Waals surface area (Å²) >= 11 is 0. The summed E-state index contributed by atoms with van der Waals surface area (Å²) in [5.74, 6) is -0.204. The molecule has 0 aliphatic carbocycles. The van der Waals surface area contributed by atoms with Crippen LogP contribution in [0, 0.1) is 0 Å². The molecule has 0 fully saturated rings. The van der Waals surface area contributed by atoms with Gasteiger partial charge in [-0.2, -0.15) is 0 Å². The quantitative estimate of drug-likeness (QED) is 0.865. The highest BCUT2D eigenvalue weighted by atomic mass is 16.1. The van der Waals surface area contributed by atoms with Crippen molar-refractivity contribution in [1.29, 1.82) is 0 Å². The van der Waals surface area contributed by atoms with Crippen molar-refractivity contribution in [3.8, 4) is 0 Å². The molecule has 92 valence electrons. The average Bonchev–Trinajstić information content (AvgIpc) is 2.41. The van der Waals surface area contributed by atoms with E-state index in [1.54, 1.807) is 12.3 Å². The van der Waals surface area contributed by atoms with Crippen LogP contribution in [0.4, 0.5) is 11.4 Å². The van der Waals surface area contributed by atoms with Gasteiger partial charge >= 0.3 is 0 Å². The fourth-order valence-electron chi connectivity index (χ4n) is 1.55. The fourth-order valence-corrected chi connectivity index (χ4v) is 1.55. The second-order valence-corrected chi connectivity index (χ2v) is 3.78. The maximum absolute atomic E-state index is 11.9. The number of amides is 1. The standard InChI is InChI=1S/C14H15N3O/c1-2-15-12-8-9-13(16-10-12)14(18)17-11-6-4-3-5-7-11/h3-10,15H,2H2,1H3,(H,17,18). The van der Waals surface area contributed by atoms with Crippen LogP contribution < -0.4 is 10.6 Å². The largest absolute Gasteiger partial charge is 0.384 e. The third kappa shape index (κ3) is 3.07. The molecule has 0 atom stereocenters. The number of pyridine rings is 1. The summed E-state index contributed by atoms with van der Waals surface area (Å²) in [5, 5.41) is 5.92. The first-order valence-corrected chi connectivity index (χ1v) is 5.86. The van der Waals surface area contributed by atoms with E-state index >= 15 is 0 Å². The van der Waals surface area contributed by atoms with Gasteiger partial charge in [0.2, 0.25) is 0 Å². The van der Waals surface area contributed by atoms with Gasteiger partial charge in [0.15, 0.2) is 0 Å². The minimum atomic E-state index is -0.204. The predicted molar refractivity (Wildman–Crippen MR) is 72.8 cm³/mol. The highest BCUT2D eigenvalue weighted by Crippen LogP contribution is 2.09. The molecule has 2 N–H and O–H groups in total. The lowest BCUT2D eigenvalue weighted by atomic mass is 10.3. The normalized spacial score (nSPS) is 9.83. The predicted octanol–water partition coefficient (Wildman–Crippen LogP) is 2.77. The van der Waals surface area contributed by atoms with Crippen LogP contribution in [0.1, 0.15) is 17.4 Å². The van der Waals surface area contributed by atoms with E-state index in [2.05, 4.69) is 15.6 Å². The maximum atomic E-state index is 11.9. The molecule has 18 heavy (non-hydrogen) atoms. The van der Waals surface area contributed by atoms with Crippen LogP contribution in [0.15, 0.2) is 48.7 Å². The first-order chi connectivity index (χ1) is 8.79. The number of benzene rings is 1. The van der Waals surface area contributed by atoms with Gasteiger partial charge in [0.05, 0.1) is 11.9 Å². The van der Waals surface area contributed by atoms with Crippen molar-refractivity contribution < 1.29 is 4.79 Å². The lowest BCUT2D eigenvalue weighted by molar-refractivity contribution is 0.102. The zero-order valence-electron chi connectivity index (χ0n) is 10.2. The van der Waals surface area contributed by atoms with Gasteiger partial charge in [0.25, 0.3) is 5.91 Å². The third-order valence-electron chi connectivity index (χ3n) is 2.41. The minimum Gasteiger partial charge on any atom is -0.384 e. The van der Waals surface area contributed by atoms with Crippen molar-refractivity contribution in [2.75, 3.05) is 17.2 Å². The lowest BCUT2D eigenvalue weighted by Gasteiger charge is -2.06. The molecular weight excluding hydrogens is 226 g/mol. The molecule has 0 saturated heterocycles. The zero-order valence-corrected chi connectivity index (χ0v) is 10.2. The highest BCUT2D eigenvalue weighted by Gasteiger charge is 2.06. The van der Waals surface area contributed by atoms with Gasteiger partial charge in [-0.3, -0.25) is 4.79 Å². The van der Waals surface area contributed by atoms with Gasteiger partial charge in [-0.25, -0.2) is 4.98 Å². The van der Waals surface area contributed by atoms with E-state index < -0.39 is 0 Å². The van der Waals surface area contributed by atoms with Gasteiger partial charge in [-0.15, -0.1) is 0 Å². The molecule has 0 aliphatic heterocycles. The molecule has 0 spiro atoms. The van der Waals surface area contributed by atoms with Crippen molar-refractivity contribution in [2.24, 2.45) is 0 Å². The number of hydrogen-bond acceptors (Lipinski definition) is 3. The summed E-state index contributed by atoms with van der Waals surface area (Å²) in [6.45, 7) is 2.84. The molecule has 2 aromatic rings. The number of carbonyl (C=O) groups excluding carboxylic acids is 1. The highest BCUT2D eigenvalue weighted by molar-refractivity contribution is 6.02. The number of aromatic nitrogens is 1. The average molecular weight is 241 g/mol. The Bertz CT molecular complexity index is 508. The van der Waals surface area contributed by atoms with Gasteiger partial charge < -0.3 is 10.6 Å². The van der Waals surface area contributed by atoms with E-state index in [1.165, 1.54) is 0 Å². The first kappa shape index (κ1) is 12.1. The van der Waals surface area contributed by atoms with Crippen molar-refractivity contribution in [3.05, 3.63) is 54.4 Å². The van der Waals surface area contributed by atoms with Crippen molar-refractivity contribution in [1.82, 2.24) is 4.98 Å². The van der Waals surface area contributed by atoms with Crippen LogP contribution in [-0.2, 0) is 0 Å². The number of hydrogen-bond donors (Lipinski definition) is 2. The summed E-state index contributed by atoms with van der Waals surface area (Å²) in [7, 11) is 0. The van der Waals surface area contributed by atoms with Gasteiger partial charge in [0, 0.05) is 12.2 Å². The molecule has 0 unspecified atom stereocenters. The van der Waals surface area contributed by atoms with Gasteiger partial charge in [0.1, 0.15) is 5.69 Å².